The number of esters is 1. The van der Waals surface area contributed by atoms with Crippen molar-refractivity contribution in [3.05, 3.63) is 40.4 Å². The fourth-order valence-electron chi connectivity index (χ4n) is 3.03. The van der Waals surface area contributed by atoms with Crippen LogP contribution >= 0.6 is 11.3 Å². The summed E-state index contributed by atoms with van der Waals surface area (Å²) in [5, 5.41) is 2.76. The number of carbonyl (C=O) groups is 3. The molecule has 1 N–H and O–H groups in total. The van der Waals surface area contributed by atoms with Gasteiger partial charge in [-0.2, -0.15) is 13.2 Å². The van der Waals surface area contributed by atoms with E-state index in [4.69, 9.17) is 4.74 Å². The van der Waals surface area contributed by atoms with E-state index in [0.29, 0.717) is 5.69 Å². The summed E-state index contributed by atoms with van der Waals surface area (Å²) in [5.74, 6) is -2.25. The molecule has 2 aromatic rings. The first-order valence-electron chi connectivity index (χ1n) is 9.03. The number of nitrogens with zero attached hydrogens (tertiary/aromatic N) is 2. The summed E-state index contributed by atoms with van der Waals surface area (Å²) in [6.45, 7) is 3.42. The first-order chi connectivity index (χ1) is 14.1. The van der Waals surface area contributed by atoms with Gasteiger partial charge >= 0.3 is 12.1 Å². The van der Waals surface area contributed by atoms with E-state index in [2.05, 4.69) is 10.3 Å². The predicted molar refractivity (Wildman–Crippen MR) is 103 cm³/mol. The van der Waals surface area contributed by atoms with Gasteiger partial charge in [0.25, 0.3) is 0 Å². The SMILES string of the molecule is CCOC(=O)c1sc(NC(=O)C2CC(=O)N(c3cccc(C(F)(F)F)c3)C2)nc1C. The van der Waals surface area contributed by atoms with Crippen molar-refractivity contribution in [3.63, 3.8) is 0 Å². The maximum Gasteiger partial charge on any atom is 0.416 e. The number of carbonyl (C=O) groups excluding carboxylic acids is 3. The lowest BCUT2D eigenvalue weighted by Crippen LogP contribution is -2.28. The summed E-state index contributed by atoms with van der Waals surface area (Å²) < 4.78 is 43.7. The van der Waals surface area contributed by atoms with Gasteiger partial charge in [-0.1, -0.05) is 17.4 Å². The van der Waals surface area contributed by atoms with E-state index in [1.807, 2.05) is 0 Å². The highest BCUT2D eigenvalue weighted by Crippen LogP contribution is 2.34. The highest BCUT2D eigenvalue weighted by Gasteiger charge is 2.37. The molecule has 1 fully saturated rings. The number of benzene rings is 1. The molecule has 1 aliphatic heterocycles. The van der Waals surface area contributed by atoms with Crippen LogP contribution in [0.25, 0.3) is 0 Å². The largest absolute Gasteiger partial charge is 0.462 e. The molecule has 1 saturated heterocycles. The van der Waals surface area contributed by atoms with Crippen LogP contribution in [0, 0.1) is 12.8 Å². The predicted octanol–water partition coefficient (Wildman–Crippen LogP) is 3.64. The van der Waals surface area contributed by atoms with Crippen LogP contribution in [0.3, 0.4) is 0 Å². The first kappa shape index (κ1) is 21.8. The normalized spacial score (nSPS) is 16.6. The average molecular weight is 441 g/mol. The molecule has 2 heterocycles. The number of rotatable bonds is 5. The molecule has 3 rings (SSSR count). The average Bonchev–Trinajstić information content (AvgIpc) is 3.24. The van der Waals surface area contributed by atoms with Gasteiger partial charge in [0.15, 0.2) is 5.13 Å². The van der Waals surface area contributed by atoms with Crippen LogP contribution < -0.4 is 10.2 Å². The van der Waals surface area contributed by atoms with Crippen molar-refractivity contribution in [2.45, 2.75) is 26.4 Å². The van der Waals surface area contributed by atoms with Gasteiger partial charge < -0.3 is 15.0 Å². The third-order valence-electron chi connectivity index (χ3n) is 4.47. The van der Waals surface area contributed by atoms with E-state index in [9.17, 15) is 27.6 Å². The maximum atomic E-state index is 12.9. The van der Waals surface area contributed by atoms with Crippen molar-refractivity contribution in [3.8, 4) is 0 Å². The zero-order valence-corrected chi connectivity index (χ0v) is 16.9. The van der Waals surface area contributed by atoms with Gasteiger partial charge in [0.2, 0.25) is 11.8 Å². The molecular weight excluding hydrogens is 423 g/mol. The zero-order chi connectivity index (χ0) is 22.1. The number of ether oxygens (including phenoxy) is 1. The quantitative estimate of drug-likeness (QED) is 0.716. The molecule has 1 aliphatic rings. The fourth-order valence-corrected chi connectivity index (χ4v) is 3.89. The third-order valence-corrected chi connectivity index (χ3v) is 5.52. The Labute approximate surface area is 173 Å². The standard InChI is InChI=1S/C19H18F3N3O4S/c1-3-29-17(28)15-10(2)23-18(30-15)24-16(27)11-7-14(26)25(9-11)13-6-4-5-12(8-13)19(20,21)22/h4-6,8,11H,3,7,9H2,1-2H3,(H,23,24,27). The molecule has 0 radical (unpaired) electrons. The Bertz CT molecular complexity index is 990. The number of alkyl halides is 3. The van der Waals surface area contributed by atoms with Gasteiger partial charge in [0.1, 0.15) is 4.88 Å². The van der Waals surface area contributed by atoms with Crippen LogP contribution in [0.2, 0.25) is 0 Å². The lowest BCUT2D eigenvalue weighted by molar-refractivity contribution is -0.137. The maximum absolute atomic E-state index is 12.9. The van der Waals surface area contributed by atoms with E-state index in [-0.39, 0.29) is 35.3 Å². The molecule has 30 heavy (non-hydrogen) atoms. The molecule has 0 spiro atoms. The van der Waals surface area contributed by atoms with E-state index < -0.39 is 35.4 Å². The summed E-state index contributed by atoms with van der Waals surface area (Å²) in [6, 6.07) is 4.41. The first-order valence-corrected chi connectivity index (χ1v) is 9.84. The lowest BCUT2D eigenvalue weighted by Gasteiger charge is -2.18. The Morgan fingerprint density at radius 2 is 2.10 bits per heavy atom. The van der Waals surface area contributed by atoms with Crippen LogP contribution in [-0.2, 0) is 20.5 Å². The van der Waals surface area contributed by atoms with Gasteiger partial charge in [0, 0.05) is 18.7 Å². The number of halogens is 3. The number of aryl methyl sites for hydroxylation is 1. The van der Waals surface area contributed by atoms with Gasteiger partial charge in [-0.3, -0.25) is 9.59 Å². The van der Waals surface area contributed by atoms with E-state index in [0.717, 1.165) is 28.4 Å². The molecule has 2 amide bonds. The lowest BCUT2D eigenvalue weighted by atomic mass is 10.1. The molecule has 1 aromatic heterocycles. The Hall–Kier alpha value is -2.95. The molecule has 1 aromatic carbocycles. The highest BCUT2D eigenvalue weighted by molar-refractivity contribution is 7.17. The van der Waals surface area contributed by atoms with Crippen molar-refractivity contribution < 1.29 is 32.3 Å². The van der Waals surface area contributed by atoms with Gasteiger partial charge in [-0.25, -0.2) is 9.78 Å². The minimum absolute atomic E-state index is 0.0545. The smallest absolute Gasteiger partial charge is 0.416 e. The van der Waals surface area contributed by atoms with E-state index in [1.165, 1.54) is 12.1 Å². The van der Waals surface area contributed by atoms with Crippen molar-refractivity contribution in [2.24, 2.45) is 5.92 Å². The third kappa shape index (κ3) is 4.61. The van der Waals surface area contributed by atoms with Gasteiger partial charge in [0.05, 0.1) is 23.8 Å². The summed E-state index contributed by atoms with van der Waals surface area (Å²) in [7, 11) is 0. The number of aromatic nitrogens is 1. The molecular formula is C19H18F3N3O4S. The Morgan fingerprint density at radius 3 is 2.77 bits per heavy atom. The topological polar surface area (TPSA) is 88.6 Å². The van der Waals surface area contributed by atoms with Gasteiger partial charge in [-0.05, 0) is 32.0 Å². The van der Waals surface area contributed by atoms with Crippen LogP contribution in [0.1, 0.15) is 34.3 Å². The van der Waals surface area contributed by atoms with Crippen molar-refractivity contribution in [1.29, 1.82) is 0 Å². The molecule has 1 atom stereocenters. The van der Waals surface area contributed by atoms with E-state index in [1.54, 1.807) is 13.8 Å². The number of thiazole rings is 1. The molecule has 11 heteroatoms. The monoisotopic (exact) mass is 441 g/mol. The summed E-state index contributed by atoms with van der Waals surface area (Å²) in [5.41, 5.74) is -0.382. The van der Waals surface area contributed by atoms with E-state index >= 15 is 0 Å². The molecule has 0 saturated carbocycles. The van der Waals surface area contributed by atoms with Crippen molar-refractivity contribution in [1.82, 2.24) is 4.98 Å². The number of hydrogen-bond acceptors (Lipinski definition) is 6. The van der Waals surface area contributed by atoms with Crippen LogP contribution in [0.15, 0.2) is 24.3 Å². The Kier molecular flexibility index (Phi) is 6.11. The van der Waals surface area contributed by atoms with Gasteiger partial charge in [-0.15, -0.1) is 0 Å². The van der Waals surface area contributed by atoms with Crippen molar-refractivity contribution >= 4 is 39.9 Å². The summed E-state index contributed by atoms with van der Waals surface area (Å²) in [4.78, 5) is 42.3. The zero-order valence-electron chi connectivity index (χ0n) is 16.1. The molecule has 160 valence electrons. The molecule has 0 bridgehead atoms. The number of anilines is 2. The number of hydrogen-bond donors (Lipinski definition) is 1. The Balaban J connectivity index is 1.70. The minimum atomic E-state index is -4.53. The second kappa shape index (κ2) is 8.42. The molecule has 1 unspecified atom stereocenters. The van der Waals surface area contributed by atoms with Crippen LogP contribution in [-0.4, -0.2) is 35.9 Å². The number of nitrogens with one attached hydrogen (secondary N) is 1. The fraction of sp³-hybridized carbons (Fsp3) is 0.368. The summed E-state index contributed by atoms with van der Waals surface area (Å²) in [6.07, 6.45) is -4.67. The van der Waals surface area contributed by atoms with Crippen LogP contribution in [0.4, 0.5) is 24.0 Å². The molecule has 0 aliphatic carbocycles. The highest BCUT2D eigenvalue weighted by atomic mass is 32.1. The number of amides is 2. The second-order valence-electron chi connectivity index (χ2n) is 6.60. The second-order valence-corrected chi connectivity index (χ2v) is 7.60. The Morgan fingerprint density at radius 1 is 1.37 bits per heavy atom. The minimum Gasteiger partial charge on any atom is -0.462 e. The summed E-state index contributed by atoms with van der Waals surface area (Å²) >= 11 is 0.956. The van der Waals surface area contributed by atoms with Crippen molar-refractivity contribution in [2.75, 3.05) is 23.4 Å². The molecule has 7 nitrogen and oxygen atoms in total. The van der Waals surface area contributed by atoms with Crippen LogP contribution in [0.5, 0.6) is 0 Å².